The molecule has 134 valence electrons. The van der Waals surface area contributed by atoms with Crippen LogP contribution in [0.2, 0.25) is 10.0 Å². The van der Waals surface area contributed by atoms with Gasteiger partial charge in [0, 0.05) is 21.3 Å². The Morgan fingerprint density at radius 2 is 1.88 bits per heavy atom. The highest BCUT2D eigenvalue weighted by molar-refractivity contribution is 8.00. The van der Waals surface area contributed by atoms with Gasteiger partial charge >= 0.3 is 0 Å². The van der Waals surface area contributed by atoms with Gasteiger partial charge in [-0.3, -0.25) is 4.79 Å². The molecule has 3 N–H and O–H groups in total. The lowest BCUT2D eigenvalue weighted by atomic mass is 10.2. The van der Waals surface area contributed by atoms with E-state index in [0.717, 1.165) is 5.56 Å². The van der Waals surface area contributed by atoms with Crippen LogP contribution < -0.4 is 11.2 Å². The largest absolute Gasteiger partial charge is 0.335 e. The Kier molecular flexibility index (Phi) is 5.70. The SMILES string of the molecule is C[C@H](Sc1nnc(-c2cccc(Cl)c2)n1N)C(=O)Nc1ccc(Cl)cc1. The number of amides is 1. The molecule has 0 saturated carbocycles. The summed E-state index contributed by atoms with van der Waals surface area (Å²) < 4.78 is 1.35. The quantitative estimate of drug-likeness (QED) is 0.491. The predicted molar refractivity (Wildman–Crippen MR) is 106 cm³/mol. The van der Waals surface area contributed by atoms with Crippen LogP contribution in [-0.2, 0) is 4.79 Å². The maximum Gasteiger partial charge on any atom is 0.237 e. The van der Waals surface area contributed by atoms with Crippen LogP contribution in [0.25, 0.3) is 11.4 Å². The smallest absolute Gasteiger partial charge is 0.237 e. The van der Waals surface area contributed by atoms with Crippen LogP contribution in [0, 0.1) is 0 Å². The number of nitrogens with two attached hydrogens (primary N) is 1. The topological polar surface area (TPSA) is 85.8 Å². The van der Waals surface area contributed by atoms with E-state index in [0.29, 0.717) is 26.7 Å². The molecule has 0 bridgehead atoms. The van der Waals surface area contributed by atoms with Gasteiger partial charge in [0.05, 0.1) is 5.25 Å². The minimum atomic E-state index is -0.426. The van der Waals surface area contributed by atoms with Crippen LogP contribution in [-0.4, -0.2) is 26.0 Å². The van der Waals surface area contributed by atoms with Gasteiger partial charge in [-0.1, -0.05) is 47.1 Å². The Morgan fingerprint density at radius 3 is 2.58 bits per heavy atom. The first-order valence-electron chi connectivity index (χ1n) is 7.63. The van der Waals surface area contributed by atoms with Crippen molar-refractivity contribution in [3.63, 3.8) is 0 Å². The monoisotopic (exact) mass is 407 g/mol. The number of nitrogens with zero attached hydrogens (tertiary/aromatic N) is 3. The van der Waals surface area contributed by atoms with Crippen molar-refractivity contribution >= 4 is 46.6 Å². The number of halogens is 2. The molecule has 3 rings (SSSR count). The Hall–Kier alpha value is -2.22. The Balaban J connectivity index is 1.70. The molecule has 0 fully saturated rings. The molecule has 1 aromatic heterocycles. The molecule has 6 nitrogen and oxygen atoms in total. The van der Waals surface area contributed by atoms with Crippen molar-refractivity contribution in [2.24, 2.45) is 0 Å². The molecule has 0 spiro atoms. The zero-order valence-electron chi connectivity index (χ0n) is 13.7. The molecule has 0 saturated heterocycles. The lowest BCUT2D eigenvalue weighted by Gasteiger charge is -2.11. The number of nitrogen functional groups attached to an aromatic ring is 1. The Morgan fingerprint density at radius 1 is 1.15 bits per heavy atom. The molecule has 0 unspecified atom stereocenters. The lowest BCUT2D eigenvalue weighted by molar-refractivity contribution is -0.115. The van der Waals surface area contributed by atoms with E-state index in [1.807, 2.05) is 6.07 Å². The zero-order chi connectivity index (χ0) is 18.7. The van der Waals surface area contributed by atoms with Crippen molar-refractivity contribution < 1.29 is 4.79 Å². The second-order valence-electron chi connectivity index (χ2n) is 5.44. The highest BCUT2D eigenvalue weighted by atomic mass is 35.5. The predicted octanol–water partition coefficient (Wildman–Crippen LogP) is 4.09. The van der Waals surface area contributed by atoms with Crippen LogP contribution >= 0.6 is 35.0 Å². The fourth-order valence-electron chi connectivity index (χ4n) is 2.17. The summed E-state index contributed by atoms with van der Waals surface area (Å²) in [6.07, 6.45) is 0. The van der Waals surface area contributed by atoms with E-state index in [-0.39, 0.29) is 5.91 Å². The molecule has 0 radical (unpaired) electrons. The minimum Gasteiger partial charge on any atom is -0.335 e. The van der Waals surface area contributed by atoms with Gasteiger partial charge in [0.15, 0.2) is 5.82 Å². The third kappa shape index (κ3) is 4.30. The molecular weight excluding hydrogens is 393 g/mol. The van der Waals surface area contributed by atoms with Gasteiger partial charge in [-0.15, -0.1) is 10.2 Å². The van der Waals surface area contributed by atoms with Gasteiger partial charge in [-0.05, 0) is 43.3 Å². The van der Waals surface area contributed by atoms with E-state index in [1.54, 1.807) is 49.4 Å². The molecule has 0 aliphatic carbocycles. The van der Waals surface area contributed by atoms with E-state index in [2.05, 4.69) is 15.5 Å². The molecule has 1 heterocycles. The third-order valence-corrected chi connectivity index (χ3v) is 5.05. The summed E-state index contributed by atoms with van der Waals surface area (Å²) in [7, 11) is 0. The highest BCUT2D eigenvalue weighted by Crippen LogP contribution is 2.26. The van der Waals surface area contributed by atoms with Crippen LogP contribution in [0.4, 0.5) is 5.69 Å². The number of benzene rings is 2. The van der Waals surface area contributed by atoms with E-state index in [1.165, 1.54) is 16.4 Å². The van der Waals surface area contributed by atoms with Crippen molar-refractivity contribution in [1.29, 1.82) is 0 Å². The maximum atomic E-state index is 12.4. The molecule has 1 amide bonds. The molecule has 9 heteroatoms. The summed E-state index contributed by atoms with van der Waals surface area (Å²) in [4.78, 5) is 12.4. The lowest BCUT2D eigenvalue weighted by Crippen LogP contribution is -2.23. The summed E-state index contributed by atoms with van der Waals surface area (Å²) >= 11 is 13.1. The van der Waals surface area contributed by atoms with Crippen LogP contribution in [0.3, 0.4) is 0 Å². The number of rotatable bonds is 5. The molecule has 3 aromatic rings. The van der Waals surface area contributed by atoms with E-state index in [9.17, 15) is 4.79 Å². The normalized spacial score (nSPS) is 12.0. The highest BCUT2D eigenvalue weighted by Gasteiger charge is 2.20. The number of hydrogen-bond acceptors (Lipinski definition) is 5. The fourth-order valence-corrected chi connectivity index (χ4v) is 3.26. The first-order chi connectivity index (χ1) is 12.4. The summed E-state index contributed by atoms with van der Waals surface area (Å²) in [5.41, 5.74) is 1.42. The molecule has 0 aliphatic heterocycles. The summed E-state index contributed by atoms with van der Waals surface area (Å²) in [6.45, 7) is 1.77. The Labute approximate surface area is 164 Å². The standard InChI is InChI=1S/C17H15Cl2N5OS/c1-10(16(25)21-14-7-5-12(18)6-8-14)26-17-23-22-15(24(17)20)11-3-2-4-13(19)9-11/h2-10H,20H2,1H3,(H,21,25)/t10-/m0/s1. The average molecular weight is 408 g/mol. The van der Waals surface area contributed by atoms with E-state index < -0.39 is 5.25 Å². The third-order valence-electron chi connectivity index (χ3n) is 3.51. The number of anilines is 1. The van der Waals surface area contributed by atoms with Gasteiger partial charge in [0.1, 0.15) is 0 Å². The fraction of sp³-hybridized carbons (Fsp3) is 0.118. The van der Waals surface area contributed by atoms with Crippen molar-refractivity contribution in [3.8, 4) is 11.4 Å². The molecule has 0 aliphatic rings. The zero-order valence-corrected chi connectivity index (χ0v) is 16.0. The number of carbonyl (C=O) groups excluding carboxylic acids is 1. The molecule has 1 atom stereocenters. The molecular formula is C17H15Cl2N5OS. The number of hydrogen-bond donors (Lipinski definition) is 2. The molecule has 26 heavy (non-hydrogen) atoms. The maximum absolute atomic E-state index is 12.4. The van der Waals surface area contributed by atoms with Crippen molar-refractivity contribution in [2.75, 3.05) is 11.2 Å². The van der Waals surface area contributed by atoms with Gasteiger partial charge in [0.2, 0.25) is 11.1 Å². The van der Waals surface area contributed by atoms with Crippen LogP contribution in [0.5, 0.6) is 0 Å². The van der Waals surface area contributed by atoms with Gasteiger partial charge < -0.3 is 11.2 Å². The van der Waals surface area contributed by atoms with E-state index in [4.69, 9.17) is 29.0 Å². The minimum absolute atomic E-state index is 0.176. The number of carbonyl (C=O) groups is 1. The van der Waals surface area contributed by atoms with E-state index >= 15 is 0 Å². The van der Waals surface area contributed by atoms with Gasteiger partial charge in [0.25, 0.3) is 0 Å². The van der Waals surface area contributed by atoms with Gasteiger partial charge in [-0.25, -0.2) is 4.68 Å². The second kappa shape index (κ2) is 7.99. The first kappa shape index (κ1) is 18.6. The Bertz CT molecular complexity index is 929. The summed E-state index contributed by atoms with van der Waals surface area (Å²) in [5, 5.41) is 12.2. The van der Waals surface area contributed by atoms with Crippen LogP contribution in [0.15, 0.2) is 53.7 Å². The number of thioether (sulfide) groups is 1. The molecule has 2 aromatic carbocycles. The van der Waals surface area contributed by atoms with Crippen LogP contribution in [0.1, 0.15) is 6.92 Å². The van der Waals surface area contributed by atoms with Crippen molar-refractivity contribution in [1.82, 2.24) is 14.9 Å². The average Bonchev–Trinajstić information content (AvgIpc) is 2.97. The second-order valence-corrected chi connectivity index (χ2v) is 7.62. The van der Waals surface area contributed by atoms with Gasteiger partial charge in [-0.2, -0.15) is 0 Å². The number of aromatic nitrogens is 3. The van der Waals surface area contributed by atoms with Crippen molar-refractivity contribution in [2.45, 2.75) is 17.3 Å². The number of nitrogens with one attached hydrogen (secondary N) is 1. The van der Waals surface area contributed by atoms with Crippen molar-refractivity contribution in [3.05, 3.63) is 58.6 Å². The summed E-state index contributed by atoms with van der Waals surface area (Å²) in [6, 6.07) is 14.1. The first-order valence-corrected chi connectivity index (χ1v) is 9.27. The summed E-state index contributed by atoms with van der Waals surface area (Å²) in [5.74, 6) is 6.38.